The smallest absolute Gasteiger partial charge is 0.261 e. The first-order valence-corrected chi connectivity index (χ1v) is 7.82. The summed E-state index contributed by atoms with van der Waals surface area (Å²) < 4.78 is 17.5. The number of aromatic nitrogens is 3. The predicted octanol–water partition coefficient (Wildman–Crippen LogP) is 3.33. The molecule has 6 heteroatoms. The van der Waals surface area contributed by atoms with Gasteiger partial charge >= 0.3 is 0 Å². The summed E-state index contributed by atoms with van der Waals surface area (Å²) in [4.78, 5) is 13.2. The Hall–Kier alpha value is -2.21. The van der Waals surface area contributed by atoms with Crippen LogP contribution in [0.4, 0.5) is 0 Å². The second-order valence-corrected chi connectivity index (χ2v) is 6.45. The van der Waals surface area contributed by atoms with Crippen LogP contribution in [-0.4, -0.2) is 27.2 Å². The number of pyridine rings is 1. The fourth-order valence-electron chi connectivity index (χ4n) is 3.19. The maximum atomic E-state index is 5.95. The van der Waals surface area contributed by atoms with Gasteiger partial charge in [0, 0.05) is 17.7 Å². The minimum Gasteiger partial charge on any atom is -0.475 e. The first kappa shape index (κ1) is 14.4. The minimum absolute atomic E-state index is 0.215. The van der Waals surface area contributed by atoms with Crippen molar-refractivity contribution in [1.29, 1.82) is 0 Å². The van der Waals surface area contributed by atoms with Gasteiger partial charge in [0.2, 0.25) is 11.3 Å². The Kier molecular flexibility index (Phi) is 3.06. The topological polar surface area (TPSA) is 70.3 Å². The fourth-order valence-corrected chi connectivity index (χ4v) is 3.19. The van der Waals surface area contributed by atoms with Crippen LogP contribution in [0.5, 0.6) is 5.88 Å². The molecule has 1 aliphatic rings. The van der Waals surface area contributed by atoms with Crippen molar-refractivity contribution in [3.05, 3.63) is 23.1 Å². The number of hydrogen-bond donors (Lipinski definition) is 0. The highest BCUT2D eigenvalue weighted by Gasteiger charge is 2.31. The molecule has 0 aliphatic carbocycles. The normalized spacial score (nSPS) is 16.7. The Morgan fingerprint density at radius 1 is 1.26 bits per heavy atom. The van der Waals surface area contributed by atoms with E-state index in [0.717, 1.165) is 28.6 Å². The molecular weight excluding hydrogens is 294 g/mol. The number of aryl methyl sites for hydroxylation is 1. The zero-order valence-corrected chi connectivity index (χ0v) is 13.8. The average molecular weight is 313 g/mol. The van der Waals surface area contributed by atoms with Crippen LogP contribution in [0.3, 0.4) is 0 Å². The number of rotatable bonds is 2. The van der Waals surface area contributed by atoms with Crippen LogP contribution in [-0.2, 0) is 17.8 Å². The van der Waals surface area contributed by atoms with Crippen molar-refractivity contribution in [3.8, 4) is 5.88 Å². The van der Waals surface area contributed by atoms with Crippen molar-refractivity contribution in [3.63, 3.8) is 0 Å². The van der Waals surface area contributed by atoms with Crippen LogP contribution < -0.4 is 4.74 Å². The molecule has 0 bridgehead atoms. The third-order valence-corrected chi connectivity index (χ3v) is 4.28. The molecule has 4 rings (SSSR count). The number of ether oxygens (including phenoxy) is 2. The van der Waals surface area contributed by atoms with E-state index in [9.17, 15) is 0 Å². The molecule has 0 saturated carbocycles. The number of furan rings is 1. The highest BCUT2D eigenvalue weighted by Crippen LogP contribution is 2.39. The van der Waals surface area contributed by atoms with Gasteiger partial charge < -0.3 is 13.9 Å². The van der Waals surface area contributed by atoms with E-state index in [2.05, 4.69) is 28.8 Å². The lowest BCUT2D eigenvalue weighted by atomic mass is 9.89. The molecule has 6 nitrogen and oxygen atoms in total. The Morgan fingerprint density at radius 3 is 2.87 bits per heavy atom. The van der Waals surface area contributed by atoms with E-state index in [1.54, 1.807) is 0 Å². The maximum absolute atomic E-state index is 5.95. The van der Waals surface area contributed by atoms with E-state index in [-0.39, 0.29) is 5.60 Å². The van der Waals surface area contributed by atoms with Gasteiger partial charge in [-0.05, 0) is 33.3 Å². The molecule has 120 valence electrons. The largest absolute Gasteiger partial charge is 0.475 e. The standard InChI is InChI=1S/C17H19N3O3/c1-5-21-16-14-13(18-8-19-16)12-10-6-17(3,4)22-7-11(10)9(2)20-15(12)23-14/h8H,5-7H2,1-4H3. The molecule has 0 atom stereocenters. The van der Waals surface area contributed by atoms with Crippen LogP contribution in [0.15, 0.2) is 10.7 Å². The summed E-state index contributed by atoms with van der Waals surface area (Å²) in [5.41, 5.74) is 4.99. The van der Waals surface area contributed by atoms with Gasteiger partial charge in [-0.2, -0.15) is 4.98 Å². The molecule has 0 radical (unpaired) electrons. The van der Waals surface area contributed by atoms with Gasteiger partial charge in [-0.25, -0.2) is 9.97 Å². The molecule has 0 N–H and O–H groups in total. The maximum Gasteiger partial charge on any atom is 0.261 e. The zero-order valence-electron chi connectivity index (χ0n) is 13.8. The molecule has 0 amide bonds. The Morgan fingerprint density at radius 2 is 2.09 bits per heavy atom. The second kappa shape index (κ2) is 4.89. The molecule has 0 unspecified atom stereocenters. The summed E-state index contributed by atoms with van der Waals surface area (Å²) >= 11 is 0. The minimum atomic E-state index is -0.215. The monoisotopic (exact) mass is 313 g/mol. The molecule has 3 aromatic rings. The van der Waals surface area contributed by atoms with E-state index in [0.29, 0.717) is 30.4 Å². The van der Waals surface area contributed by atoms with Gasteiger partial charge in [0.15, 0.2) is 0 Å². The molecule has 4 heterocycles. The van der Waals surface area contributed by atoms with E-state index in [4.69, 9.17) is 13.9 Å². The van der Waals surface area contributed by atoms with Crippen molar-refractivity contribution >= 4 is 22.2 Å². The summed E-state index contributed by atoms with van der Waals surface area (Å²) in [6.45, 7) is 9.19. The summed E-state index contributed by atoms with van der Waals surface area (Å²) in [6.07, 6.45) is 2.31. The van der Waals surface area contributed by atoms with Gasteiger partial charge in [-0.3, -0.25) is 0 Å². The zero-order chi connectivity index (χ0) is 16.2. The molecular formula is C17H19N3O3. The first-order valence-electron chi connectivity index (χ1n) is 7.82. The van der Waals surface area contributed by atoms with Crippen molar-refractivity contribution in [2.45, 2.75) is 46.3 Å². The van der Waals surface area contributed by atoms with E-state index >= 15 is 0 Å². The highest BCUT2D eigenvalue weighted by molar-refractivity contribution is 6.04. The molecule has 3 aromatic heterocycles. The molecule has 23 heavy (non-hydrogen) atoms. The summed E-state index contributed by atoms with van der Waals surface area (Å²) in [5.74, 6) is 0.466. The fraction of sp³-hybridized carbons (Fsp3) is 0.471. The third kappa shape index (κ3) is 2.16. The SMILES string of the molecule is CCOc1ncnc2c1oc1nc(C)c3c(c12)CC(C)(C)OC3. The van der Waals surface area contributed by atoms with E-state index in [1.807, 2.05) is 13.8 Å². The van der Waals surface area contributed by atoms with Gasteiger partial charge in [-0.1, -0.05) is 0 Å². The number of fused-ring (bicyclic) bond motifs is 5. The lowest BCUT2D eigenvalue weighted by Crippen LogP contribution is -2.32. The van der Waals surface area contributed by atoms with Crippen LogP contribution in [0.1, 0.15) is 37.6 Å². The average Bonchev–Trinajstić information content (AvgIpc) is 2.86. The van der Waals surface area contributed by atoms with E-state index < -0.39 is 0 Å². The number of nitrogens with zero attached hydrogens (tertiary/aromatic N) is 3. The second-order valence-electron chi connectivity index (χ2n) is 6.45. The summed E-state index contributed by atoms with van der Waals surface area (Å²) in [5, 5.41) is 0.959. The Bertz CT molecular complexity index is 914. The molecule has 0 spiro atoms. The first-order chi connectivity index (χ1) is 11.0. The van der Waals surface area contributed by atoms with Gasteiger partial charge in [0.25, 0.3) is 5.88 Å². The van der Waals surface area contributed by atoms with Crippen molar-refractivity contribution in [2.75, 3.05) is 6.61 Å². The third-order valence-electron chi connectivity index (χ3n) is 4.28. The van der Waals surface area contributed by atoms with Crippen LogP contribution in [0, 0.1) is 6.92 Å². The van der Waals surface area contributed by atoms with E-state index in [1.165, 1.54) is 11.9 Å². The quantitative estimate of drug-likeness (QED) is 0.722. The number of hydrogen-bond acceptors (Lipinski definition) is 6. The summed E-state index contributed by atoms with van der Waals surface area (Å²) in [6, 6.07) is 0. The molecule has 0 saturated heterocycles. The lowest BCUT2D eigenvalue weighted by Gasteiger charge is -2.32. The summed E-state index contributed by atoms with van der Waals surface area (Å²) in [7, 11) is 0. The Balaban J connectivity index is 2.08. The van der Waals surface area contributed by atoms with Crippen molar-refractivity contribution in [2.24, 2.45) is 0 Å². The molecule has 0 aromatic carbocycles. The van der Waals surface area contributed by atoms with Crippen LogP contribution in [0.25, 0.3) is 22.2 Å². The lowest BCUT2D eigenvalue weighted by molar-refractivity contribution is -0.0400. The van der Waals surface area contributed by atoms with Crippen molar-refractivity contribution in [1.82, 2.24) is 15.0 Å². The molecule has 1 aliphatic heterocycles. The van der Waals surface area contributed by atoms with Gasteiger partial charge in [0.1, 0.15) is 11.8 Å². The van der Waals surface area contributed by atoms with Gasteiger partial charge in [0.05, 0.1) is 24.2 Å². The van der Waals surface area contributed by atoms with Crippen molar-refractivity contribution < 1.29 is 13.9 Å². The van der Waals surface area contributed by atoms with Gasteiger partial charge in [-0.15, -0.1) is 0 Å². The Labute approximate surface area is 133 Å². The van der Waals surface area contributed by atoms with Crippen LogP contribution >= 0.6 is 0 Å². The molecule has 0 fully saturated rings. The van der Waals surface area contributed by atoms with Crippen LogP contribution in [0.2, 0.25) is 0 Å². The highest BCUT2D eigenvalue weighted by atomic mass is 16.5. The predicted molar refractivity (Wildman–Crippen MR) is 85.6 cm³/mol.